The molecule has 0 aliphatic rings. The molecule has 1 aromatic rings. The molecule has 1 heterocycles. The Kier molecular flexibility index (Phi) is 5.50. The Morgan fingerprint density at radius 3 is 2.39 bits per heavy atom. The van der Waals surface area contributed by atoms with Crippen LogP contribution in [0.5, 0.6) is 0 Å². The highest BCUT2D eigenvalue weighted by Gasteiger charge is 2.21. The van der Waals surface area contributed by atoms with Crippen molar-refractivity contribution in [3.8, 4) is 0 Å². The van der Waals surface area contributed by atoms with Crippen molar-refractivity contribution in [3.05, 3.63) is 17.6 Å². The first-order valence-corrected chi connectivity index (χ1v) is 6.46. The molecule has 0 saturated carbocycles. The van der Waals surface area contributed by atoms with Gasteiger partial charge in [0.2, 0.25) is 0 Å². The largest absolute Gasteiger partial charge is 0.370 e. The Labute approximate surface area is 109 Å². The van der Waals surface area contributed by atoms with Gasteiger partial charge < -0.3 is 10.2 Å². The van der Waals surface area contributed by atoms with E-state index in [0.717, 1.165) is 5.69 Å². The summed E-state index contributed by atoms with van der Waals surface area (Å²) in [6.07, 6.45) is -0.0965. The van der Waals surface area contributed by atoms with Gasteiger partial charge in [-0.25, -0.2) is 15.8 Å². The predicted molar refractivity (Wildman–Crippen MR) is 73.1 cm³/mol. The average molecular weight is 252 g/mol. The van der Waals surface area contributed by atoms with Gasteiger partial charge in [-0.1, -0.05) is 27.7 Å². The number of anilines is 1. The van der Waals surface area contributed by atoms with Gasteiger partial charge in [0.25, 0.3) is 0 Å². The van der Waals surface area contributed by atoms with E-state index in [0.29, 0.717) is 30.1 Å². The van der Waals surface area contributed by atoms with E-state index in [2.05, 4.69) is 43.1 Å². The van der Waals surface area contributed by atoms with E-state index in [1.54, 1.807) is 0 Å². The molecule has 0 fully saturated rings. The summed E-state index contributed by atoms with van der Waals surface area (Å²) >= 11 is 0. The summed E-state index contributed by atoms with van der Waals surface area (Å²) in [7, 11) is 0. The highest BCUT2D eigenvalue weighted by atomic mass is 16.5. The van der Waals surface area contributed by atoms with Gasteiger partial charge in [0.05, 0.1) is 0 Å². The Balaban J connectivity index is 3.15. The molecule has 1 unspecified atom stereocenters. The zero-order valence-electron chi connectivity index (χ0n) is 11.9. The number of nitrogens with two attached hydrogens (primary N) is 1. The van der Waals surface area contributed by atoms with Crippen LogP contribution in [0.4, 0.5) is 5.82 Å². The van der Waals surface area contributed by atoms with Gasteiger partial charge in [-0.15, -0.1) is 0 Å². The van der Waals surface area contributed by atoms with Crippen molar-refractivity contribution in [2.45, 2.75) is 46.6 Å². The second-order valence-corrected chi connectivity index (χ2v) is 4.96. The molecule has 0 spiro atoms. The standard InChI is InChI=1S/C13H24N4O/c1-6-18-12(9(4)5)13-15-10(8(2)3)7-11(16-13)17-14/h7-9,12H,6,14H2,1-5H3,(H,15,16,17). The number of hydrazine groups is 1. The van der Waals surface area contributed by atoms with Crippen LogP contribution in [0.15, 0.2) is 6.07 Å². The van der Waals surface area contributed by atoms with Crippen molar-refractivity contribution < 1.29 is 4.74 Å². The lowest BCUT2D eigenvalue weighted by Crippen LogP contribution is -2.18. The van der Waals surface area contributed by atoms with Gasteiger partial charge in [-0.3, -0.25) is 0 Å². The van der Waals surface area contributed by atoms with Crippen molar-refractivity contribution >= 4 is 5.82 Å². The lowest BCUT2D eigenvalue weighted by Gasteiger charge is -2.21. The molecule has 3 N–H and O–H groups in total. The topological polar surface area (TPSA) is 73.1 Å². The van der Waals surface area contributed by atoms with Gasteiger partial charge in [0, 0.05) is 18.4 Å². The molecular formula is C13H24N4O. The molecule has 0 saturated heterocycles. The van der Waals surface area contributed by atoms with Crippen LogP contribution in [0.3, 0.4) is 0 Å². The van der Waals surface area contributed by atoms with Crippen LogP contribution in [0.1, 0.15) is 58.2 Å². The van der Waals surface area contributed by atoms with Crippen molar-refractivity contribution in [1.82, 2.24) is 9.97 Å². The van der Waals surface area contributed by atoms with Crippen LogP contribution >= 0.6 is 0 Å². The number of nitrogen functional groups attached to an aromatic ring is 1. The van der Waals surface area contributed by atoms with E-state index in [4.69, 9.17) is 10.6 Å². The monoisotopic (exact) mass is 252 g/mol. The quantitative estimate of drug-likeness (QED) is 0.601. The molecule has 18 heavy (non-hydrogen) atoms. The molecule has 1 rings (SSSR count). The first-order chi connectivity index (χ1) is 8.49. The van der Waals surface area contributed by atoms with Gasteiger partial charge >= 0.3 is 0 Å². The maximum absolute atomic E-state index is 5.73. The summed E-state index contributed by atoms with van der Waals surface area (Å²) < 4.78 is 5.73. The second kappa shape index (κ2) is 6.66. The Morgan fingerprint density at radius 1 is 1.28 bits per heavy atom. The van der Waals surface area contributed by atoms with Crippen molar-refractivity contribution in [3.63, 3.8) is 0 Å². The first kappa shape index (κ1) is 14.9. The lowest BCUT2D eigenvalue weighted by molar-refractivity contribution is 0.0231. The smallest absolute Gasteiger partial charge is 0.160 e. The van der Waals surface area contributed by atoms with E-state index in [9.17, 15) is 0 Å². The third-order valence-electron chi connectivity index (χ3n) is 2.71. The van der Waals surface area contributed by atoms with Crippen molar-refractivity contribution in [1.29, 1.82) is 0 Å². The number of nitrogens with zero attached hydrogens (tertiary/aromatic N) is 2. The highest BCUT2D eigenvalue weighted by Crippen LogP contribution is 2.25. The van der Waals surface area contributed by atoms with Crippen LogP contribution in [-0.2, 0) is 4.74 Å². The Bertz CT molecular complexity index is 379. The first-order valence-electron chi connectivity index (χ1n) is 6.46. The molecule has 5 heteroatoms. The fourth-order valence-electron chi connectivity index (χ4n) is 1.73. The molecule has 102 valence electrons. The molecule has 0 aliphatic heterocycles. The lowest BCUT2D eigenvalue weighted by atomic mass is 10.1. The second-order valence-electron chi connectivity index (χ2n) is 4.96. The van der Waals surface area contributed by atoms with Crippen LogP contribution in [0.2, 0.25) is 0 Å². The number of hydrogen-bond acceptors (Lipinski definition) is 5. The van der Waals surface area contributed by atoms with Crippen LogP contribution in [-0.4, -0.2) is 16.6 Å². The number of rotatable bonds is 6. The minimum atomic E-state index is -0.0965. The SMILES string of the molecule is CCOC(c1nc(NN)cc(C(C)C)n1)C(C)C. The number of ether oxygens (including phenoxy) is 1. The summed E-state index contributed by atoms with van der Waals surface area (Å²) in [5.41, 5.74) is 3.56. The molecule has 5 nitrogen and oxygen atoms in total. The molecule has 1 aromatic heterocycles. The van der Waals surface area contributed by atoms with Crippen LogP contribution in [0, 0.1) is 5.92 Å². The number of hydrogen-bond donors (Lipinski definition) is 2. The molecule has 1 atom stereocenters. The predicted octanol–water partition coefficient (Wildman–Crippen LogP) is 2.62. The zero-order chi connectivity index (χ0) is 13.7. The maximum Gasteiger partial charge on any atom is 0.160 e. The summed E-state index contributed by atoms with van der Waals surface area (Å²) in [6.45, 7) is 11.0. The number of aromatic nitrogens is 2. The summed E-state index contributed by atoms with van der Waals surface area (Å²) in [5.74, 6) is 7.43. The highest BCUT2D eigenvalue weighted by molar-refractivity contribution is 5.35. The van der Waals surface area contributed by atoms with E-state index in [1.165, 1.54) is 0 Å². The van der Waals surface area contributed by atoms with Gasteiger partial charge in [0.15, 0.2) is 5.82 Å². The fourth-order valence-corrected chi connectivity index (χ4v) is 1.73. The van der Waals surface area contributed by atoms with E-state index in [1.807, 2.05) is 13.0 Å². The van der Waals surface area contributed by atoms with E-state index in [-0.39, 0.29) is 6.10 Å². The molecule has 0 bridgehead atoms. The zero-order valence-corrected chi connectivity index (χ0v) is 11.9. The molecule has 0 aromatic carbocycles. The van der Waals surface area contributed by atoms with E-state index >= 15 is 0 Å². The van der Waals surface area contributed by atoms with Gasteiger partial charge in [-0.05, 0) is 18.8 Å². The molecular weight excluding hydrogens is 228 g/mol. The van der Waals surface area contributed by atoms with E-state index < -0.39 is 0 Å². The summed E-state index contributed by atoms with van der Waals surface area (Å²) in [6, 6.07) is 1.87. The van der Waals surface area contributed by atoms with Crippen molar-refractivity contribution in [2.24, 2.45) is 11.8 Å². The third kappa shape index (κ3) is 3.65. The fraction of sp³-hybridized carbons (Fsp3) is 0.692. The van der Waals surface area contributed by atoms with Crippen molar-refractivity contribution in [2.75, 3.05) is 12.0 Å². The van der Waals surface area contributed by atoms with Gasteiger partial charge in [-0.2, -0.15) is 0 Å². The third-order valence-corrected chi connectivity index (χ3v) is 2.71. The Morgan fingerprint density at radius 2 is 1.94 bits per heavy atom. The molecule has 0 amide bonds. The molecule has 0 radical (unpaired) electrons. The summed E-state index contributed by atoms with van der Waals surface area (Å²) in [4.78, 5) is 8.99. The average Bonchev–Trinajstić information content (AvgIpc) is 2.34. The van der Waals surface area contributed by atoms with Crippen LogP contribution < -0.4 is 11.3 Å². The summed E-state index contributed by atoms with van der Waals surface area (Å²) in [5, 5.41) is 0. The minimum absolute atomic E-state index is 0.0965. The number of nitrogens with one attached hydrogen (secondary N) is 1. The normalized spacial score (nSPS) is 13.1. The van der Waals surface area contributed by atoms with Gasteiger partial charge in [0.1, 0.15) is 11.9 Å². The Hall–Kier alpha value is -1.20. The minimum Gasteiger partial charge on any atom is -0.370 e. The maximum atomic E-state index is 5.73. The van der Waals surface area contributed by atoms with Crippen LogP contribution in [0.25, 0.3) is 0 Å². The molecule has 0 aliphatic carbocycles.